The van der Waals surface area contributed by atoms with Crippen molar-refractivity contribution in [2.75, 3.05) is 14.2 Å². The Kier molecular flexibility index (Phi) is 4.73. The second kappa shape index (κ2) is 6.67. The first kappa shape index (κ1) is 17.7. The Hall–Kier alpha value is -2.09. The molecule has 0 unspecified atom stereocenters. The zero-order valence-electron chi connectivity index (χ0n) is 14.2. The molecule has 0 atom stereocenters. The van der Waals surface area contributed by atoms with E-state index in [9.17, 15) is 9.59 Å². The molecule has 25 heavy (non-hydrogen) atoms. The molecule has 0 aromatic heterocycles. The summed E-state index contributed by atoms with van der Waals surface area (Å²) in [4.78, 5) is 25.5. The summed E-state index contributed by atoms with van der Waals surface area (Å²) in [7, 11) is 3.40. The topological polar surface area (TPSA) is 55.8 Å². The number of carbonyl (C=O) groups excluding carboxylic acids is 2. The number of hydrogen-bond acceptors (Lipinski definition) is 4. The van der Waals surface area contributed by atoms with Crippen LogP contribution >= 0.6 is 22.6 Å². The zero-order valence-corrected chi connectivity index (χ0v) is 16.3. The van der Waals surface area contributed by atoms with E-state index in [-0.39, 0.29) is 11.9 Å². The zero-order chi connectivity index (χ0) is 18.2. The third kappa shape index (κ3) is 2.99. The van der Waals surface area contributed by atoms with Crippen LogP contribution in [0.2, 0.25) is 0 Å². The summed E-state index contributed by atoms with van der Waals surface area (Å²) < 4.78 is 11.1. The van der Waals surface area contributed by atoms with E-state index in [1.807, 2.05) is 48.6 Å². The average molecular weight is 451 g/mol. The van der Waals surface area contributed by atoms with Crippen molar-refractivity contribution in [3.8, 4) is 5.75 Å². The molecule has 1 amide bonds. The number of rotatable bonds is 3. The smallest absolute Gasteiger partial charge is 0.303 e. The van der Waals surface area contributed by atoms with Gasteiger partial charge in [-0.2, -0.15) is 0 Å². The number of esters is 1. The van der Waals surface area contributed by atoms with Gasteiger partial charge in [0, 0.05) is 19.5 Å². The summed E-state index contributed by atoms with van der Waals surface area (Å²) in [6.07, 6.45) is 7.04. The Bertz CT molecular complexity index is 793. The highest BCUT2D eigenvalue weighted by atomic mass is 127. The highest BCUT2D eigenvalue weighted by Gasteiger charge is 2.47. The molecule has 1 aromatic carbocycles. The van der Waals surface area contributed by atoms with Crippen LogP contribution in [0, 0.1) is 0 Å². The van der Waals surface area contributed by atoms with Crippen molar-refractivity contribution in [2.24, 2.45) is 0 Å². The number of amides is 1. The van der Waals surface area contributed by atoms with E-state index in [2.05, 4.69) is 22.6 Å². The summed E-state index contributed by atoms with van der Waals surface area (Å²) in [6.45, 7) is 1.38. The summed E-state index contributed by atoms with van der Waals surface area (Å²) >= 11 is 2.10. The van der Waals surface area contributed by atoms with Gasteiger partial charge in [-0.25, -0.2) is 0 Å². The van der Waals surface area contributed by atoms with Gasteiger partial charge < -0.3 is 14.4 Å². The SMILES string of the molecule is COc1ccc(C2=C(I)C(=O)N(C)C23C=CC(OC(C)=O)C=C3)cc1. The molecule has 0 fully saturated rings. The maximum absolute atomic E-state index is 12.6. The largest absolute Gasteiger partial charge is 0.497 e. The lowest BCUT2D eigenvalue weighted by Gasteiger charge is -2.36. The number of ether oxygens (including phenoxy) is 2. The van der Waals surface area contributed by atoms with Crippen molar-refractivity contribution in [1.29, 1.82) is 0 Å². The maximum atomic E-state index is 12.6. The van der Waals surface area contributed by atoms with Crippen molar-refractivity contribution in [1.82, 2.24) is 4.90 Å². The highest BCUT2D eigenvalue weighted by Crippen LogP contribution is 2.47. The standard InChI is InChI=1S/C19H18INO4/c1-12(22)25-15-8-10-19(11-9-15)16(17(20)18(23)21(19)2)13-4-6-14(24-3)7-5-13/h4-11,15H,1-3H3. The number of carbonyl (C=O) groups is 2. The van der Waals surface area contributed by atoms with Crippen LogP contribution in [-0.4, -0.2) is 42.6 Å². The first-order valence-corrected chi connectivity index (χ1v) is 8.85. The van der Waals surface area contributed by atoms with Gasteiger partial charge >= 0.3 is 5.97 Å². The fraction of sp³-hybridized carbons (Fsp3) is 0.263. The van der Waals surface area contributed by atoms with Crippen LogP contribution in [0.1, 0.15) is 12.5 Å². The van der Waals surface area contributed by atoms with E-state index < -0.39 is 11.6 Å². The Morgan fingerprint density at radius 2 is 1.80 bits per heavy atom. The van der Waals surface area contributed by atoms with Crippen LogP contribution in [0.3, 0.4) is 0 Å². The van der Waals surface area contributed by atoms with Crippen LogP contribution in [0.25, 0.3) is 5.57 Å². The van der Waals surface area contributed by atoms with Gasteiger partial charge in [-0.1, -0.05) is 24.3 Å². The van der Waals surface area contributed by atoms with Crippen LogP contribution in [-0.2, 0) is 14.3 Å². The number of likely N-dealkylation sites (N-methyl/N-ethyl adjacent to an activating group) is 1. The van der Waals surface area contributed by atoms with E-state index in [4.69, 9.17) is 9.47 Å². The van der Waals surface area contributed by atoms with Gasteiger partial charge in [-0.05, 0) is 52.4 Å². The minimum absolute atomic E-state index is 0.0355. The van der Waals surface area contributed by atoms with Crippen molar-refractivity contribution >= 4 is 40.0 Å². The molecule has 1 aromatic rings. The van der Waals surface area contributed by atoms with Crippen molar-refractivity contribution < 1.29 is 19.1 Å². The molecule has 0 saturated heterocycles. The monoisotopic (exact) mass is 451 g/mol. The predicted octanol–water partition coefficient (Wildman–Crippen LogP) is 3.11. The Labute approximate surface area is 160 Å². The predicted molar refractivity (Wildman–Crippen MR) is 103 cm³/mol. The van der Waals surface area contributed by atoms with E-state index in [1.165, 1.54) is 6.92 Å². The second-order valence-corrected chi connectivity index (χ2v) is 6.98. The van der Waals surface area contributed by atoms with Gasteiger partial charge in [-0.3, -0.25) is 9.59 Å². The number of benzene rings is 1. The lowest BCUT2D eigenvalue weighted by molar-refractivity contribution is -0.142. The van der Waals surface area contributed by atoms with Gasteiger partial charge in [0.05, 0.1) is 10.7 Å². The summed E-state index contributed by atoms with van der Waals surface area (Å²) in [6, 6.07) is 7.64. The van der Waals surface area contributed by atoms with Gasteiger partial charge in [0.2, 0.25) is 0 Å². The van der Waals surface area contributed by atoms with Crippen LogP contribution in [0.4, 0.5) is 0 Å². The molecule has 1 spiro atoms. The average Bonchev–Trinajstić information content (AvgIpc) is 2.78. The fourth-order valence-corrected chi connectivity index (χ4v) is 4.25. The maximum Gasteiger partial charge on any atom is 0.303 e. The molecule has 0 N–H and O–H groups in total. The molecular weight excluding hydrogens is 433 g/mol. The van der Waals surface area contributed by atoms with Crippen LogP contribution in [0.5, 0.6) is 5.75 Å². The minimum Gasteiger partial charge on any atom is -0.497 e. The van der Waals surface area contributed by atoms with Gasteiger partial charge in [0.15, 0.2) is 0 Å². The molecule has 130 valence electrons. The number of methoxy groups -OCH3 is 1. The lowest BCUT2D eigenvalue weighted by atomic mass is 9.82. The van der Waals surface area contributed by atoms with Crippen molar-refractivity contribution in [3.63, 3.8) is 0 Å². The van der Waals surface area contributed by atoms with Crippen molar-refractivity contribution in [3.05, 3.63) is 57.7 Å². The first-order chi connectivity index (χ1) is 11.9. The van der Waals surface area contributed by atoms with Crippen LogP contribution < -0.4 is 4.74 Å². The number of hydrogen-bond donors (Lipinski definition) is 0. The molecular formula is C19H18INO4. The van der Waals surface area contributed by atoms with E-state index in [0.717, 1.165) is 16.9 Å². The lowest BCUT2D eigenvalue weighted by Crippen LogP contribution is -2.43. The summed E-state index contributed by atoms with van der Waals surface area (Å²) in [5.41, 5.74) is 1.18. The number of halogens is 1. The van der Waals surface area contributed by atoms with E-state index >= 15 is 0 Å². The van der Waals surface area contributed by atoms with Gasteiger partial charge in [0.25, 0.3) is 5.91 Å². The third-order valence-electron chi connectivity index (χ3n) is 4.43. The molecule has 3 rings (SSSR count). The normalized spacial score (nSPS) is 25.0. The summed E-state index contributed by atoms with van der Waals surface area (Å²) in [5.74, 6) is 0.383. The highest BCUT2D eigenvalue weighted by molar-refractivity contribution is 14.1. The molecule has 0 saturated carbocycles. The summed E-state index contributed by atoms with van der Waals surface area (Å²) in [5, 5.41) is 0. The molecule has 1 aliphatic heterocycles. The van der Waals surface area contributed by atoms with Crippen LogP contribution in [0.15, 0.2) is 52.1 Å². The molecule has 1 heterocycles. The van der Waals surface area contributed by atoms with E-state index in [1.54, 1.807) is 19.1 Å². The van der Waals surface area contributed by atoms with Gasteiger partial charge in [-0.15, -0.1) is 0 Å². The fourth-order valence-electron chi connectivity index (χ4n) is 3.14. The molecule has 2 aliphatic rings. The molecule has 0 radical (unpaired) electrons. The Balaban J connectivity index is 2.04. The molecule has 1 aliphatic carbocycles. The molecule has 0 bridgehead atoms. The Morgan fingerprint density at radius 1 is 1.20 bits per heavy atom. The Morgan fingerprint density at radius 3 is 2.32 bits per heavy atom. The third-order valence-corrected chi connectivity index (χ3v) is 5.43. The minimum atomic E-state index is -0.682. The molecule has 6 heteroatoms. The quantitative estimate of drug-likeness (QED) is 0.403. The molecule has 5 nitrogen and oxygen atoms in total. The van der Waals surface area contributed by atoms with Gasteiger partial charge in [0.1, 0.15) is 17.4 Å². The van der Waals surface area contributed by atoms with E-state index in [0.29, 0.717) is 3.58 Å². The van der Waals surface area contributed by atoms with Crippen molar-refractivity contribution in [2.45, 2.75) is 18.6 Å². The second-order valence-electron chi connectivity index (χ2n) is 5.90. The number of nitrogens with zero attached hydrogens (tertiary/aromatic N) is 1. The first-order valence-electron chi connectivity index (χ1n) is 7.78.